The number of aliphatic hydroxyl groups is 1. The average Bonchev–Trinajstić information content (AvgIpc) is 3.14. The van der Waals surface area contributed by atoms with Gasteiger partial charge in [-0.05, 0) is 101 Å². The van der Waals surface area contributed by atoms with Crippen LogP contribution in [0.3, 0.4) is 0 Å². The van der Waals surface area contributed by atoms with Crippen molar-refractivity contribution < 1.29 is 24.2 Å². The minimum absolute atomic E-state index is 0.0103. The van der Waals surface area contributed by atoms with Gasteiger partial charge in [0.2, 0.25) is 0 Å². The molecule has 0 saturated carbocycles. The predicted octanol–water partition coefficient (Wildman–Crippen LogP) is 14.3. The molecule has 328 valence electrons. The molecule has 55 heavy (non-hydrogen) atoms. The summed E-state index contributed by atoms with van der Waals surface area (Å²) >= 11 is 0. The van der Waals surface area contributed by atoms with Crippen LogP contribution in [0.2, 0.25) is 0 Å². The molecular weight excluding hydrogens is 683 g/mol. The Morgan fingerprint density at radius 3 is 1.49 bits per heavy atom. The Labute approximate surface area is 343 Å². The highest BCUT2D eigenvalue weighted by Crippen LogP contribution is 2.30. The summed E-state index contributed by atoms with van der Waals surface area (Å²) in [5, 5.41) is 9.52. The van der Waals surface area contributed by atoms with Gasteiger partial charge >= 0.3 is 11.9 Å². The highest BCUT2D eigenvalue weighted by atomic mass is 16.5. The number of nitrogens with zero attached hydrogens (tertiary/aromatic N) is 1. The molecule has 0 rings (SSSR count). The predicted molar refractivity (Wildman–Crippen MR) is 237 cm³/mol. The Morgan fingerprint density at radius 1 is 0.491 bits per heavy atom. The molecule has 0 radical (unpaired) electrons. The number of carbonyl (C=O) groups is 2. The third-order valence-electron chi connectivity index (χ3n) is 11.7. The first kappa shape index (κ1) is 53.9. The number of hydrogen-bond donors (Lipinski definition) is 1. The van der Waals surface area contributed by atoms with Crippen LogP contribution in [0.5, 0.6) is 0 Å². The molecule has 6 heteroatoms. The van der Waals surface area contributed by atoms with Crippen LogP contribution < -0.4 is 0 Å². The maximum atomic E-state index is 13.0. The second-order valence-electron chi connectivity index (χ2n) is 18.8. The van der Waals surface area contributed by atoms with E-state index < -0.39 is 0 Å². The minimum Gasteiger partial charge on any atom is -0.465 e. The van der Waals surface area contributed by atoms with E-state index in [1.807, 2.05) is 0 Å². The Balaban J connectivity index is 4.43. The molecule has 0 heterocycles. The van der Waals surface area contributed by atoms with E-state index in [0.717, 1.165) is 96.7 Å². The molecule has 0 aliphatic carbocycles. The fourth-order valence-electron chi connectivity index (χ4n) is 7.82. The number of unbranched alkanes of at least 4 members (excludes halogenated alkanes) is 18. The molecule has 0 saturated heterocycles. The first-order valence-electron chi connectivity index (χ1n) is 24.2. The van der Waals surface area contributed by atoms with Crippen molar-refractivity contribution in [1.82, 2.24) is 4.90 Å². The van der Waals surface area contributed by atoms with E-state index >= 15 is 0 Å². The van der Waals surface area contributed by atoms with E-state index in [0.29, 0.717) is 19.4 Å². The van der Waals surface area contributed by atoms with Gasteiger partial charge in [0.15, 0.2) is 0 Å². The highest BCUT2D eigenvalue weighted by Gasteiger charge is 2.22. The molecule has 0 fully saturated rings. The lowest BCUT2D eigenvalue weighted by Crippen LogP contribution is -2.29. The minimum atomic E-state index is -0.0341. The lowest BCUT2D eigenvalue weighted by molar-refractivity contribution is -0.150. The fourth-order valence-corrected chi connectivity index (χ4v) is 7.82. The summed E-state index contributed by atoms with van der Waals surface area (Å²) in [6.07, 6.45) is 36.7. The molecule has 0 aliphatic rings. The Bertz CT molecular complexity index is 842. The summed E-state index contributed by atoms with van der Waals surface area (Å²) in [7, 11) is 0. The average molecular weight is 780 g/mol. The van der Waals surface area contributed by atoms with Crippen LogP contribution in [0.4, 0.5) is 0 Å². The summed E-state index contributed by atoms with van der Waals surface area (Å²) in [6, 6.07) is 0. The highest BCUT2D eigenvalue weighted by molar-refractivity contribution is 5.69. The molecule has 0 bridgehead atoms. The lowest BCUT2D eigenvalue weighted by Gasteiger charge is -2.28. The molecule has 0 aliphatic heterocycles. The molecule has 6 nitrogen and oxygen atoms in total. The summed E-state index contributed by atoms with van der Waals surface area (Å²) in [6.45, 7) is 19.7. The summed E-state index contributed by atoms with van der Waals surface area (Å²) in [5.74, 6) is -0.0238. The molecule has 0 aromatic heterocycles. The maximum absolute atomic E-state index is 13.0. The van der Waals surface area contributed by atoms with Crippen molar-refractivity contribution in [2.75, 3.05) is 32.8 Å². The van der Waals surface area contributed by atoms with Gasteiger partial charge in [0, 0.05) is 26.0 Å². The standard InChI is InChI=1S/C49H97NO5/c1-8-11-14-17-20-23-27-35-46(52)54-44-49(6,7)37-28-24-29-40-50(42-32-43-51)41-31-39-48(4,5)38-30-36-47(53)55-45(33-25-21-18-15-12-9-2)34-26-22-19-16-13-10-3/h45,51H,8-44H2,1-7H3. The Morgan fingerprint density at radius 2 is 0.927 bits per heavy atom. The van der Waals surface area contributed by atoms with Crippen molar-refractivity contribution in [3.8, 4) is 0 Å². The second kappa shape index (κ2) is 37.2. The van der Waals surface area contributed by atoms with Crippen molar-refractivity contribution in [3.63, 3.8) is 0 Å². The first-order chi connectivity index (χ1) is 26.5. The normalized spacial score (nSPS) is 12.3. The van der Waals surface area contributed by atoms with Crippen molar-refractivity contribution in [2.24, 2.45) is 10.8 Å². The molecule has 1 N–H and O–H groups in total. The van der Waals surface area contributed by atoms with Gasteiger partial charge in [0.05, 0.1) is 6.61 Å². The zero-order valence-corrected chi connectivity index (χ0v) is 38.3. The number of esters is 2. The number of hydrogen-bond acceptors (Lipinski definition) is 6. The van der Waals surface area contributed by atoms with Crippen LogP contribution in [-0.4, -0.2) is 60.9 Å². The van der Waals surface area contributed by atoms with Gasteiger partial charge in [-0.3, -0.25) is 9.59 Å². The lowest BCUT2D eigenvalue weighted by atomic mass is 9.82. The van der Waals surface area contributed by atoms with Crippen LogP contribution in [0.1, 0.15) is 254 Å². The van der Waals surface area contributed by atoms with E-state index in [4.69, 9.17) is 9.47 Å². The SMILES string of the molecule is CCCCCCCCCC(=O)OCC(C)(C)CCCCCN(CCCO)CCCC(C)(C)CCCC(=O)OC(CCCCCCCC)CCCCCCCC. The van der Waals surface area contributed by atoms with Crippen LogP contribution >= 0.6 is 0 Å². The molecule has 0 aromatic carbocycles. The number of ether oxygens (including phenoxy) is 2. The summed E-state index contributed by atoms with van der Waals surface area (Å²) < 4.78 is 11.8. The zero-order valence-electron chi connectivity index (χ0n) is 38.3. The topological polar surface area (TPSA) is 76.1 Å². The van der Waals surface area contributed by atoms with Gasteiger partial charge in [-0.1, -0.05) is 164 Å². The van der Waals surface area contributed by atoms with Crippen LogP contribution in [-0.2, 0) is 19.1 Å². The van der Waals surface area contributed by atoms with E-state index in [1.54, 1.807) is 0 Å². The van der Waals surface area contributed by atoms with Crippen molar-refractivity contribution >= 4 is 11.9 Å². The van der Waals surface area contributed by atoms with Crippen molar-refractivity contribution in [2.45, 2.75) is 260 Å². The largest absolute Gasteiger partial charge is 0.465 e. The van der Waals surface area contributed by atoms with Gasteiger partial charge < -0.3 is 19.5 Å². The van der Waals surface area contributed by atoms with E-state index in [-0.39, 0.29) is 35.5 Å². The van der Waals surface area contributed by atoms with E-state index in [2.05, 4.69) is 53.4 Å². The third kappa shape index (κ3) is 36.9. The second-order valence-corrected chi connectivity index (χ2v) is 18.8. The Kier molecular flexibility index (Phi) is 36.4. The molecule has 0 aromatic rings. The molecule has 0 unspecified atom stereocenters. The first-order valence-corrected chi connectivity index (χ1v) is 24.2. The van der Waals surface area contributed by atoms with Crippen LogP contribution in [0, 0.1) is 10.8 Å². The number of rotatable bonds is 42. The Hall–Kier alpha value is -1.14. The van der Waals surface area contributed by atoms with Gasteiger partial charge in [-0.2, -0.15) is 0 Å². The molecule has 0 spiro atoms. The van der Waals surface area contributed by atoms with E-state index in [1.165, 1.54) is 116 Å². The number of aliphatic hydroxyl groups excluding tert-OH is 1. The maximum Gasteiger partial charge on any atom is 0.306 e. The fraction of sp³-hybridized carbons (Fsp3) is 0.959. The molecule has 0 amide bonds. The van der Waals surface area contributed by atoms with Crippen LogP contribution in [0.25, 0.3) is 0 Å². The molecular formula is C49H97NO5. The zero-order chi connectivity index (χ0) is 40.9. The smallest absolute Gasteiger partial charge is 0.306 e. The molecule has 0 atom stereocenters. The van der Waals surface area contributed by atoms with E-state index in [9.17, 15) is 14.7 Å². The third-order valence-corrected chi connectivity index (χ3v) is 11.7. The number of carbonyl (C=O) groups excluding carboxylic acids is 2. The quantitative estimate of drug-likeness (QED) is 0.0491. The van der Waals surface area contributed by atoms with Crippen molar-refractivity contribution in [3.05, 3.63) is 0 Å². The monoisotopic (exact) mass is 780 g/mol. The van der Waals surface area contributed by atoms with Gasteiger partial charge in [0.25, 0.3) is 0 Å². The summed E-state index contributed by atoms with van der Waals surface area (Å²) in [4.78, 5) is 27.8. The van der Waals surface area contributed by atoms with Gasteiger partial charge in [0.1, 0.15) is 6.10 Å². The van der Waals surface area contributed by atoms with Crippen LogP contribution in [0.15, 0.2) is 0 Å². The van der Waals surface area contributed by atoms with Crippen molar-refractivity contribution in [1.29, 1.82) is 0 Å². The van der Waals surface area contributed by atoms with Gasteiger partial charge in [-0.15, -0.1) is 0 Å². The summed E-state index contributed by atoms with van der Waals surface area (Å²) in [5.41, 5.74) is 0.208. The van der Waals surface area contributed by atoms with Gasteiger partial charge in [-0.25, -0.2) is 0 Å².